The summed E-state index contributed by atoms with van der Waals surface area (Å²) in [6.07, 6.45) is 0. The van der Waals surface area contributed by atoms with Crippen LogP contribution in [0.2, 0.25) is 0 Å². The third-order valence-corrected chi connectivity index (χ3v) is 1.58. The monoisotopic (exact) mass is 198 g/mol. The highest BCUT2D eigenvalue weighted by Crippen LogP contribution is 2.37. The van der Waals surface area contributed by atoms with Crippen molar-refractivity contribution in [2.45, 2.75) is 0 Å². The van der Waals surface area contributed by atoms with Gasteiger partial charge in [-0.1, -0.05) is 0 Å². The van der Waals surface area contributed by atoms with E-state index in [0.717, 1.165) is 12.1 Å². The van der Waals surface area contributed by atoms with Crippen LogP contribution in [0.5, 0.6) is 0 Å². The third kappa shape index (κ3) is 1.40. The third-order valence-electron chi connectivity index (χ3n) is 1.58. The first-order chi connectivity index (χ1) is 6.45. The van der Waals surface area contributed by atoms with Crippen LogP contribution >= 0.6 is 0 Å². The maximum Gasteiger partial charge on any atom is 0.370 e. The molecule has 8 heteroatoms. The molecule has 0 saturated carbocycles. The number of nitrogens with two attached hydrogens (primary N) is 2. The molecule has 0 fully saturated rings. The van der Waals surface area contributed by atoms with E-state index in [1.807, 2.05) is 0 Å². The van der Waals surface area contributed by atoms with Crippen molar-refractivity contribution in [2.75, 3.05) is 11.5 Å². The van der Waals surface area contributed by atoms with E-state index in [9.17, 15) is 20.2 Å². The van der Waals surface area contributed by atoms with Gasteiger partial charge in [0.25, 0.3) is 0 Å². The van der Waals surface area contributed by atoms with E-state index in [0.29, 0.717) is 0 Å². The molecule has 0 aliphatic carbocycles. The molecule has 0 aliphatic rings. The Hall–Kier alpha value is -2.38. The SMILES string of the molecule is Nc1ccc(N)c([N+](=O)[O-])c1[N+](=O)[O-]. The van der Waals surface area contributed by atoms with E-state index in [1.165, 1.54) is 0 Å². The lowest BCUT2D eigenvalue weighted by molar-refractivity contribution is -0.421. The number of rotatable bonds is 2. The first kappa shape index (κ1) is 9.71. The second-order valence-corrected chi connectivity index (χ2v) is 2.46. The minimum absolute atomic E-state index is 0.282. The van der Waals surface area contributed by atoms with Crippen molar-refractivity contribution in [1.29, 1.82) is 0 Å². The van der Waals surface area contributed by atoms with Gasteiger partial charge in [-0.25, -0.2) is 0 Å². The van der Waals surface area contributed by atoms with E-state index in [-0.39, 0.29) is 11.4 Å². The molecular weight excluding hydrogens is 192 g/mol. The van der Waals surface area contributed by atoms with Gasteiger partial charge in [0.05, 0.1) is 9.85 Å². The molecule has 0 radical (unpaired) electrons. The minimum Gasteiger partial charge on any atom is -0.393 e. The van der Waals surface area contributed by atoms with Crippen LogP contribution in [-0.4, -0.2) is 9.85 Å². The molecular formula is C6H6N4O4. The fraction of sp³-hybridized carbons (Fsp3) is 0. The molecule has 74 valence electrons. The highest BCUT2D eigenvalue weighted by atomic mass is 16.6. The van der Waals surface area contributed by atoms with Crippen LogP contribution in [-0.2, 0) is 0 Å². The molecule has 0 unspecified atom stereocenters. The number of nitrogens with zero attached hydrogens (tertiary/aromatic N) is 2. The Labute approximate surface area is 77.4 Å². The maximum absolute atomic E-state index is 10.5. The number of nitro benzene ring substituents is 2. The minimum atomic E-state index is -0.927. The van der Waals surface area contributed by atoms with Gasteiger partial charge in [-0.15, -0.1) is 0 Å². The molecule has 1 aromatic carbocycles. The van der Waals surface area contributed by atoms with Gasteiger partial charge >= 0.3 is 11.4 Å². The first-order valence-electron chi connectivity index (χ1n) is 3.42. The smallest absolute Gasteiger partial charge is 0.370 e. The Bertz CT molecular complexity index is 378. The topological polar surface area (TPSA) is 138 Å². The van der Waals surface area contributed by atoms with Gasteiger partial charge in [-0.2, -0.15) is 0 Å². The average Bonchev–Trinajstić information content (AvgIpc) is 2.07. The number of anilines is 2. The standard InChI is InChI=1S/C6H6N4O4/c7-3-1-2-4(8)6(10(13)14)5(3)9(11)12/h1-2H,7-8H2. The Morgan fingerprint density at radius 1 is 0.929 bits per heavy atom. The van der Waals surface area contributed by atoms with Crippen LogP contribution in [0.1, 0.15) is 0 Å². The van der Waals surface area contributed by atoms with Crippen LogP contribution in [0.4, 0.5) is 22.7 Å². The highest BCUT2D eigenvalue weighted by Gasteiger charge is 2.30. The van der Waals surface area contributed by atoms with Crippen molar-refractivity contribution < 1.29 is 9.85 Å². The van der Waals surface area contributed by atoms with Gasteiger partial charge in [0.1, 0.15) is 11.4 Å². The number of hydrogen-bond acceptors (Lipinski definition) is 6. The van der Waals surface area contributed by atoms with Crippen molar-refractivity contribution in [3.63, 3.8) is 0 Å². The molecule has 4 N–H and O–H groups in total. The van der Waals surface area contributed by atoms with Crippen molar-refractivity contribution in [1.82, 2.24) is 0 Å². The molecule has 0 aromatic heterocycles. The number of nitro groups is 2. The highest BCUT2D eigenvalue weighted by molar-refractivity contribution is 5.79. The molecule has 8 nitrogen and oxygen atoms in total. The van der Waals surface area contributed by atoms with E-state index < -0.39 is 21.2 Å². The summed E-state index contributed by atoms with van der Waals surface area (Å²) in [5.74, 6) is 0. The first-order valence-corrected chi connectivity index (χ1v) is 3.42. The summed E-state index contributed by atoms with van der Waals surface area (Å²) in [5.41, 5.74) is 8.35. The molecule has 14 heavy (non-hydrogen) atoms. The molecule has 0 spiro atoms. The van der Waals surface area contributed by atoms with Crippen LogP contribution in [0, 0.1) is 20.2 Å². The normalized spacial score (nSPS) is 9.71. The predicted molar refractivity (Wildman–Crippen MR) is 48.6 cm³/mol. The molecule has 0 amide bonds. The number of benzene rings is 1. The summed E-state index contributed by atoms with van der Waals surface area (Å²) in [5, 5.41) is 20.9. The van der Waals surface area contributed by atoms with Crippen LogP contribution < -0.4 is 11.5 Å². The molecule has 0 saturated heterocycles. The lowest BCUT2D eigenvalue weighted by Gasteiger charge is -2.00. The molecule has 1 rings (SSSR count). The Morgan fingerprint density at radius 2 is 1.21 bits per heavy atom. The quantitative estimate of drug-likeness (QED) is 0.406. The van der Waals surface area contributed by atoms with Gasteiger partial charge < -0.3 is 11.5 Å². The van der Waals surface area contributed by atoms with Crippen LogP contribution in [0.25, 0.3) is 0 Å². The molecule has 0 aliphatic heterocycles. The fourth-order valence-corrected chi connectivity index (χ4v) is 0.995. The van der Waals surface area contributed by atoms with Crippen molar-refractivity contribution in [3.05, 3.63) is 32.4 Å². The van der Waals surface area contributed by atoms with Crippen LogP contribution in [0.15, 0.2) is 12.1 Å². The van der Waals surface area contributed by atoms with Gasteiger partial charge in [0.15, 0.2) is 0 Å². The summed E-state index contributed by atoms with van der Waals surface area (Å²) in [7, 11) is 0. The summed E-state index contributed by atoms with van der Waals surface area (Å²) < 4.78 is 0. The Kier molecular flexibility index (Phi) is 2.19. The van der Waals surface area contributed by atoms with Gasteiger partial charge in [-0.3, -0.25) is 20.2 Å². The van der Waals surface area contributed by atoms with E-state index in [1.54, 1.807) is 0 Å². The van der Waals surface area contributed by atoms with Gasteiger partial charge in [0, 0.05) is 0 Å². The molecule has 0 bridgehead atoms. The van der Waals surface area contributed by atoms with Crippen molar-refractivity contribution >= 4 is 22.7 Å². The summed E-state index contributed by atoms with van der Waals surface area (Å²) in [4.78, 5) is 19.1. The lowest BCUT2D eigenvalue weighted by Crippen LogP contribution is -2.03. The number of nitrogen functional groups attached to an aromatic ring is 2. The lowest BCUT2D eigenvalue weighted by atomic mass is 10.2. The largest absolute Gasteiger partial charge is 0.393 e. The second kappa shape index (κ2) is 3.17. The van der Waals surface area contributed by atoms with Gasteiger partial charge in [0.2, 0.25) is 0 Å². The zero-order chi connectivity index (χ0) is 10.9. The Balaban J connectivity index is 3.58. The molecule has 0 heterocycles. The number of hydrogen-bond donors (Lipinski definition) is 2. The van der Waals surface area contributed by atoms with Gasteiger partial charge in [-0.05, 0) is 12.1 Å². The van der Waals surface area contributed by atoms with Crippen LogP contribution in [0.3, 0.4) is 0 Å². The van der Waals surface area contributed by atoms with Crippen molar-refractivity contribution in [3.8, 4) is 0 Å². The fourth-order valence-electron chi connectivity index (χ4n) is 0.995. The summed E-state index contributed by atoms with van der Waals surface area (Å²) in [6, 6.07) is 2.31. The zero-order valence-corrected chi connectivity index (χ0v) is 6.84. The predicted octanol–water partition coefficient (Wildman–Crippen LogP) is 0.667. The van der Waals surface area contributed by atoms with E-state index in [4.69, 9.17) is 11.5 Å². The van der Waals surface area contributed by atoms with E-state index >= 15 is 0 Å². The summed E-state index contributed by atoms with van der Waals surface area (Å²) in [6.45, 7) is 0. The molecule has 1 aromatic rings. The Morgan fingerprint density at radius 3 is 1.43 bits per heavy atom. The second-order valence-electron chi connectivity index (χ2n) is 2.46. The van der Waals surface area contributed by atoms with E-state index in [2.05, 4.69) is 0 Å². The molecule has 0 atom stereocenters. The maximum atomic E-state index is 10.5. The summed E-state index contributed by atoms with van der Waals surface area (Å²) >= 11 is 0. The average molecular weight is 198 g/mol. The zero-order valence-electron chi connectivity index (χ0n) is 6.84. The van der Waals surface area contributed by atoms with Crippen molar-refractivity contribution in [2.24, 2.45) is 0 Å².